The molecule has 1 fully saturated rings. The third-order valence-electron chi connectivity index (χ3n) is 5.78. The highest BCUT2D eigenvalue weighted by molar-refractivity contribution is 5.79. The molecule has 156 valence electrons. The van der Waals surface area contributed by atoms with Gasteiger partial charge in [-0.3, -0.25) is 9.59 Å². The van der Waals surface area contributed by atoms with Crippen LogP contribution < -0.4 is 0 Å². The Morgan fingerprint density at radius 1 is 0.964 bits per heavy atom. The molecule has 1 aliphatic rings. The average molecular weight is 392 g/mol. The Labute approximate surface area is 168 Å². The molecule has 0 aliphatic carbocycles. The summed E-state index contributed by atoms with van der Waals surface area (Å²) in [5.74, 6) is 0.136. The van der Waals surface area contributed by atoms with E-state index in [0.29, 0.717) is 39.0 Å². The van der Waals surface area contributed by atoms with E-state index >= 15 is 0 Å². The fourth-order valence-electron chi connectivity index (χ4n) is 3.73. The normalized spacial score (nSPS) is 15.8. The molecule has 1 atom stereocenters. The number of amides is 2. The van der Waals surface area contributed by atoms with Crippen molar-refractivity contribution in [2.75, 3.05) is 45.8 Å². The zero-order valence-electron chi connectivity index (χ0n) is 17.5. The third kappa shape index (κ3) is 6.30. The van der Waals surface area contributed by atoms with Gasteiger partial charge in [-0.2, -0.15) is 0 Å². The maximum absolute atomic E-state index is 13.1. The number of halogens is 1. The van der Waals surface area contributed by atoms with Crippen LogP contribution in [-0.2, 0) is 9.59 Å². The Balaban J connectivity index is 1.80. The molecule has 1 saturated heterocycles. The van der Waals surface area contributed by atoms with Crippen LogP contribution in [0.2, 0.25) is 0 Å². The van der Waals surface area contributed by atoms with Gasteiger partial charge in [0.15, 0.2) is 0 Å². The molecule has 2 amide bonds. The van der Waals surface area contributed by atoms with Crippen molar-refractivity contribution in [2.45, 2.75) is 46.0 Å². The highest BCUT2D eigenvalue weighted by Crippen LogP contribution is 2.24. The Morgan fingerprint density at radius 2 is 1.50 bits per heavy atom. The van der Waals surface area contributed by atoms with Crippen LogP contribution in [0.25, 0.3) is 0 Å². The van der Waals surface area contributed by atoms with Gasteiger partial charge in [-0.05, 0) is 43.1 Å². The molecule has 1 heterocycles. The van der Waals surface area contributed by atoms with E-state index in [1.807, 2.05) is 16.7 Å². The summed E-state index contributed by atoms with van der Waals surface area (Å²) < 4.78 is 13.1. The van der Waals surface area contributed by atoms with Crippen molar-refractivity contribution in [1.29, 1.82) is 0 Å². The van der Waals surface area contributed by atoms with Crippen LogP contribution in [0.5, 0.6) is 0 Å². The van der Waals surface area contributed by atoms with Gasteiger partial charge in [-0.1, -0.05) is 32.9 Å². The van der Waals surface area contributed by atoms with Crippen molar-refractivity contribution in [3.63, 3.8) is 0 Å². The van der Waals surface area contributed by atoms with Gasteiger partial charge in [0.25, 0.3) is 0 Å². The number of nitrogens with zero attached hydrogens (tertiary/aromatic N) is 3. The highest BCUT2D eigenvalue weighted by Gasteiger charge is 2.25. The van der Waals surface area contributed by atoms with Gasteiger partial charge in [0.1, 0.15) is 5.82 Å². The molecule has 0 spiro atoms. The van der Waals surface area contributed by atoms with Crippen LogP contribution in [0, 0.1) is 5.82 Å². The Morgan fingerprint density at radius 3 is 2.00 bits per heavy atom. The van der Waals surface area contributed by atoms with Crippen LogP contribution in [0.3, 0.4) is 0 Å². The number of carbonyl (C=O) groups is 2. The second kappa shape index (κ2) is 11.1. The van der Waals surface area contributed by atoms with E-state index in [4.69, 9.17) is 0 Å². The zero-order valence-corrected chi connectivity index (χ0v) is 17.5. The Bertz CT molecular complexity index is 623. The van der Waals surface area contributed by atoms with Crippen molar-refractivity contribution >= 4 is 11.8 Å². The number of rotatable bonds is 9. The third-order valence-corrected chi connectivity index (χ3v) is 5.78. The molecule has 1 aromatic carbocycles. The van der Waals surface area contributed by atoms with Gasteiger partial charge in [-0.15, -0.1) is 0 Å². The van der Waals surface area contributed by atoms with Crippen LogP contribution >= 0.6 is 0 Å². The van der Waals surface area contributed by atoms with Crippen molar-refractivity contribution in [1.82, 2.24) is 14.7 Å². The molecule has 0 bridgehead atoms. The van der Waals surface area contributed by atoms with Crippen molar-refractivity contribution in [3.8, 4) is 0 Å². The van der Waals surface area contributed by atoms with Crippen molar-refractivity contribution < 1.29 is 14.0 Å². The second-order valence-corrected chi connectivity index (χ2v) is 7.40. The summed E-state index contributed by atoms with van der Waals surface area (Å²) in [6.45, 7) is 11.4. The molecule has 0 saturated carbocycles. The van der Waals surface area contributed by atoms with Crippen LogP contribution in [0.1, 0.15) is 51.5 Å². The smallest absolute Gasteiger partial charge is 0.223 e. The Kier molecular flexibility index (Phi) is 8.90. The van der Waals surface area contributed by atoms with E-state index in [9.17, 15) is 14.0 Å². The molecule has 1 unspecified atom stereocenters. The number of hydrogen-bond acceptors (Lipinski definition) is 3. The van der Waals surface area contributed by atoms with E-state index in [2.05, 4.69) is 18.7 Å². The molecule has 0 aromatic heterocycles. The fraction of sp³-hybridized carbons (Fsp3) is 0.636. The van der Waals surface area contributed by atoms with E-state index in [0.717, 1.165) is 31.6 Å². The van der Waals surface area contributed by atoms with Crippen molar-refractivity contribution in [2.24, 2.45) is 0 Å². The average Bonchev–Trinajstić information content (AvgIpc) is 2.73. The van der Waals surface area contributed by atoms with Crippen molar-refractivity contribution in [3.05, 3.63) is 35.6 Å². The predicted molar refractivity (Wildman–Crippen MR) is 110 cm³/mol. The monoisotopic (exact) mass is 391 g/mol. The minimum atomic E-state index is -0.258. The minimum absolute atomic E-state index is 0.0989. The summed E-state index contributed by atoms with van der Waals surface area (Å²) in [5.41, 5.74) is 1.00. The number of piperazine rings is 1. The summed E-state index contributed by atoms with van der Waals surface area (Å²) in [6.07, 6.45) is 1.80. The fourth-order valence-corrected chi connectivity index (χ4v) is 3.73. The molecule has 1 aromatic rings. The van der Waals surface area contributed by atoms with Gasteiger partial charge in [0.05, 0.1) is 0 Å². The highest BCUT2D eigenvalue weighted by atomic mass is 19.1. The lowest BCUT2D eigenvalue weighted by Gasteiger charge is -2.35. The number of hydrogen-bond donors (Lipinski definition) is 0. The van der Waals surface area contributed by atoms with Gasteiger partial charge in [0, 0.05) is 45.6 Å². The SMILES string of the molecule is CCC(CC(=O)N1CCN(C(=O)CCN(CC)CC)CC1)c1ccc(F)cc1. The first-order chi connectivity index (χ1) is 13.5. The standard InChI is InChI=1S/C22H34FN3O2/c1-4-18(19-7-9-20(23)10-8-19)17-22(28)26-15-13-25(14-16-26)21(27)11-12-24(5-2)6-3/h7-10,18H,4-6,11-17H2,1-3H3. The summed E-state index contributed by atoms with van der Waals surface area (Å²) in [4.78, 5) is 31.1. The lowest BCUT2D eigenvalue weighted by atomic mass is 9.92. The first-order valence-electron chi connectivity index (χ1n) is 10.5. The maximum atomic E-state index is 13.1. The number of benzene rings is 1. The topological polar surface area (TPSA) is 43.9 Å². The van der Waals surface area contributed by atoms with Crippen LogP contribution in [-0.4, -0.2) is 72.3 Å². The van der Waals surface area contributed by atoms with Gasteiger partial charge < -0.3 is 14.7 Å². The predicted octanol–water partition coefficient (Wildman–Crippen LogP) is 3.11. The molecule has 0 radical (unpaired) electrons. The van der Waals surface area contributed by atoms with E-state index in [-0.39, 0.29) is 23.5 Å². The molecule has 6 heteroatoms. The lowest BCUT2D eigenvalue weighted by Crippen LogP contribution is -2.51. The van der Waals surface area contributed by atoms with Crippen LogP contribution in [0.15, 0.2) is 24.3 Å². The van der Waals surface area contributed by atoms with Crippen LogP contribution in [0.4, 0.5) is 4.39 Å². The minimum Gasteiger partial charge on any atom is -0.339 e. The van der Waals surface area contributed by atoms with E-state index in [1.54, 1.807) is 12.1 Å². The molecule has 1 aliphatic heterocycles. The molecule has 2 rings (SSSR count). The molecule has 0 N–H and O–H groups in total. The second-order valence-electron chi connectivity index (χ2n) is 7.40. The van der Waals surface area contributed by atoms with E-state index < -0.39 is 0 Å². The zero-order chi connectivity index (χ0) is 20.5. The van der Waals surface area contributed by atoms with Gasteiger partial charge in [0.2, 0.25) is 11.8 Å². The van der Waals surface area contributed by atoms with Gasteiger partial charge >= 0.3 is 0 Å². The van der Waals surface area contributed by atoms with E-state index in [1.165, 1.54) is 12.1 Å². The first kappa shape index (κ1) is 22.3. The Hall–Kier alpha value is -1.95. The molecule has 5 nitrogen and oxygen atoms in total. The largest absolute Gasteiger partial charge is 0.339 e. The summed E-state index contributed by atoms with van der Waals surface area (Å²) in [7, 11) is 0. The summed E-state index contributed by atoms with van der Waals surface area (Å²) >= 11 is 0. The molecular formula is C22H34FN3O2. The number of carbonyl (C=O) groups excluding carboxylic acids is 2. The van der Waals surface area contributed by atoms with Gasteiger partial charge in [-0.25, -0.2) is 4.39 Å². The lowest BCUT2D eigenvalue weighted by molar-refractivity contribution is -0.140. The molecule has 28 heavy (non-hydrogen) atoms. The summed E-state index contributed by atoms with van der Waals surface area (Å²) in [5, 5.41) is 0. The first-order valence-corrected chi connectivity index (χ1v) is 10.5. The quantitative estimate of drug-likeness (QED) is 0.650. The summed E-state index contributed by atoms with van der Waals surface area (Å²) in [6, 6.07) is 6.43. The maximum Gasteiger partial charge on any atom is 0.223 e. The molecular weight excluding hydrogens is 357 g/mol.